The monoisotopic (exact) mass is 588 g/mol. The van der Waals surface area contributed by atoms with E-state index >= 15 is 0 Å². The summed E-state index contributed by atoms with van der Waals surface area (Å²) >= 11 is 1.69. The van der Waals surface area contributed by atoms with Crippen molar-refractivity contribution in [1.29, 1.82) is 0 Å². The molecule has 218 valence electrons. The average molecular weight is 589 g/mol. The van der Waals surface area contributed by atoms with Crippen LogP contribution in [0.2, 0.25) is 0 Å². The van der Waals surface area contributed by atoms with E-state index in [1.807, 2.05) is 106 Å². The van der Waals surface area contributed by atoms with Crippen LogP contribution in [0.25, 0.3) is 0 Å². The third-order valence-electron chi connectivity index (χ3n) is 7.89. The van der Waals surface area contributed by atoms with Crippen molar-refractivity contribution in [2.45, 2.75) is 49.7 Å². The second-order valence-corrected chi connectivity index (χ2v) is 13.1. The number of thioether (sulfide) groups is 1. The zero-order valence-corrected chi connectivity index (χ0v) is 25.5. The van der Waals surface area contributed by atoms with Gasteiger partial charge in [-0.15, -0.1) is 11.8 Å². The quantitative estimate of drug-likeness (QED) is 0.141. The molecule has 6 heteroatoms. The topological polar surface area (TPSA) is 58.6 Å². The maximum atomic E-state index is 14.3. The third-order valence-corrected chi connectivity index (χ3v) is 9.23. The number of β-lactam (4-membered cyclic amide) rings is 1. The van der Waals surface area contributed by atoms with Gasteiger partial charge in [-0.25, -0.2) is 4.79 Å². The average Bonchev–Trinajstić information content (AvgIpc) is 3.02. The fraction of sp³-hybridized carbons (Fsp3) is 0.243. The Bertz CT molecular complexity index is 1520. The highest BCUT2D eigenvalue weighted by atomic mass is 32.2. The highest BCUT2D eigenvalue weighted by Gasteiger charge is 2.56. The van der Waals surface area contributed by atoms with Crippen LogP contribution in [-0.4, -0.2) is 39.5 Å². The van der Waals surface area contributed by atoms with Gasteiger partial charge < -0.3 is 4.74 Å². The molecular weight excluding hydrogens is 552 g/mol. The number of benzene rings is 4. The van der Waals surface area contributed by atoms with Crippen LogP contribution < -0.4 is 5.32 Å². The first-order chi connectivity index (χ1) is 20.8. The molecule has 6 rings (SSSR count). The second-order valence-electron chi connectivity index (χ2n) is 12.0. The first kappa shape index (κ1) is 29.0. The lowest BCUT2D eigenvalue weighted by Gasteiger charge is -2.53. The summed E-state index contributed by atoms with van der Waals surface area (Å²) in [6.07, 6.45) is 0.582. The number of ether oxygens (including phenoxy) is 1. The van der Waals surface area contributed by atoms with Crippen molar-refractivity contribution in [2.24, 2.45) is 0 Å². The molecule has 0 radical (unpaired) electrons. The molecule has 1 saturated heterocycles. The predicted molar refractivity (Wildman–Crippen MR) is 172 cm³/mol. The molecule has 0 bridgehead atoms. The van der Waals surface area contributed by atoms with Gasteiger partial charge in [0.05, 0.1) is 5.54 Å². The molecule has 1 unspecified atom stereocenters. The Labute approximate surface area is 258 Å². The SMILES string of the molecule is CC(C)(C)OC(=O)C1=C(Cc2ccccc2)CS[C@H]2C(NC(c3ccccc3)(c3ccccc3)c3ccccc3)C(=O)N12. The van der Waals surface area contributed by atoms with Crippen LogP contribution in [0.15, 0.2) is 133 Å². The van der Waals surface area contributed by atoms with Crippen molar-refractivity contribution in [3.05, 3.63) is 155 Å². The molecule has 0 spiro atoms. The Morgan fingerprint density at radius 2 is 1.26 bits per heavy atom. The summed E-state index contributed by atoms with van der Waals surface area (Å²) in [5.41, 5.74) is 4.01. The van der Waals surface area contributed by atoms with E-state index in [0.29, 0.717) is 17.9 Å². The summed E-state index contributed by atoms with van der Waals surface area (Å²) in [6.45, 7) is 5.56. The Morgan fingerprint density at radius 1 is 0.791 bits per heavy atom. The van der Waals surface area contributed by atoms with Gasteiger partial charge in [-0.1, -0.05) is 121 Å². The molecule has 43 heavy (non-hydrogen) atoms. The number of rotatable bonds is 8. The zero-order valence-electron chi connectivity index (χ0n) is 24.7. The van der Waals surface area contributed by atoms with Gasteiger partial charge in [-0.2, -0.15) is 0 Å². The summed E-state index contributed by atoms with van der Waals surface area (Å²) in [7, 11) is 0. The summed E-state index contributed by atoms with van der Waals surface area (Å²) in [4.78, 5) is 29.6. The molecule has 1 amide bonds. The smallest absolute Gasteiger partial charge is 0.355 e. The van der Waals surface area contributed by atoms with E-state index in [2.05, 4.69) is 41.7 Å². The Balaban J connectivity index is 1.42. The van der Waals surface area contributed by atoms with Crippen molar-refractivity contribution in [3.8, 4) is 0 Å². The molecule has 5 nitrogen and oxygen atoms in total. The van der Waals surface area contributed by atoms with Gasteiger partial charge in [0.2, 0.25) is 5.91 Å². The first-order valence-electron chi connectivity index (χ1n) is 14.7. The van der Waals surface area contributed by atoms with Crippen LogP contribution in [0.4, 0.5) is 0 Å². The summed E-state index contributed by atoms with van der Waals surface area (Å²) < 4.78 is 5.87. The van der Waals surface area contributed by atoms with E-state index in [1.165, 1.54) is 0 Å². The van der Waals surface area contributed by atoms with Crippen LogP contribution in [-0.2, 0) is 26.3 Å². The fourth-order valence-corrected chi connectivity index (χ4v) is 7.37. The van der Waals surface area contributed by atoms with Crippen molar-refractivity contribution in [2.75, 3.05) is 5.75 Å². The number of fused-ring (bicyclic) bond motifs is 1. The van der Waals surface area contributed by atoms with Gasteiger partial charge in [0.25, 0.3) is 0 Å². The van der Waals surface area contributed by atoms with Crippen LogP contribution in [0.1, 0.15) is 43.0 Å². The van der Waals surface area contributed by atoms with Gasteiger partial charge in [0, 0.05) is 5.75 Å². The Kier molecular flexibility index (Phi) is 7.99. The molecule has 2 atom stereocenters. The molecule has 1 fully saturated rings. The third kappa shape index (κ3) is 5.65. The fourth-order valence-electron chi connectivity index (χ4n) is 6.02. The summed E-state index contributed by atoms with van der Waals surface area (Å²) in [6, 6.07) is 40.3. The minimum atomic E-state index is -0.795. The molecule has 4 aromatic rings. The highest BCUT2D eigenvalue weighted by molar-refractivity contribution is 8.00. The van der Waals surface area contributed by atoms with E-state index < -0.39 is 23.2 Å². The number of esters is 1. The normalized spacial score (nSPS) is 18.6. The van der Waals surface area contributed by atoms with Crippen molar-refractivity contribution in [1.82, 2.24) is 10.2 Å². The van der Waals surface area contributed by atoms with E-state index in [0.717, 1.165) is 27.8 Å². The minimum Gasteiger partial charge on any atom is -0.455 e. The minimum absolute atomic E-state index is 0.129. The van der Waals surface area contributed by atoms with Gasteiger partial charge in [0.15, 0.2) is 0 Å². The number of nitrogens with zero attached hydrogens (tertiary/aromatic N) is 1. The van der Waals surface area contributed by atoms with Crippen molar-refractivity contribution >= 4 is 23.6 Å². The van der Waals surface area contributed by atoms with E-state index in [9.17, 15) is 9.59 Å². The Morgan fingerprint density at radius 3 is 1.72 bits per heavy atom. The summed E-state index contributed by atoms with van der Waals surface area (Å²) in [5.74, 6) is 0.0530. The van der Waals surface area contributed by atoms with E-state index in [-0.39, 0.29) is 11.3 Å². The molecule has 1 N–H and O–H groups in total. The zero-order chi connectivity index (χ0) is 30.0. The summed E-state index contributed by atoms with van der Waals surface area (Å²) in [5, 5.41) is 3.59. The number of nitrogens with one attached hydrogen (secondary N) is 1. The number of hydrogen-bond donors (Lipinski definition) is 1. The van der Waals surface area contributed by atoms with Crippen LogP contribution in [0, 0.1) is 0 Å². The number of amides is 1. The molecule has 0 aliphatic carbocycles. The second kappa shape index (κ2) is 11.9. The van der Waals surface area contributed by atoms with Gasteiger partial charge in [0.1, 0.15) is 22.7 Å². The lowest BCUT2D eigenvalue weighted by atomic mass is 9.76. The van der Waals surface area contributed by atoms with Crippen molar-refractivity contribution in [3.63, 3.8) is 0 Å². The maximum absolute atomic E-state index is 14.3. The number of carbonyl (C=O) groups excluding carboxylic acids is 2. The molecule has 4 aromatic carbocycles. The lowest BCUT2D eigenvalue weighted by Crippen LogP contribution is -2.73. The molecule has 2 heterocycles. The van der Waals surface area contributed by atoms with E-state index in [4.69, 9.17) is 4.74 Å². The largest absolute Gasteiger partial charge is 0.455 e. The number of hydrogen-bond acceptors (Lipinski definition) is 5. The van der Waals surface area contributed by atoms with Crippen LogP contribution in [0.3, 0.4) is 0 Å². The predicted octanol–water partition coefficient (Wildman–Crippen LogP) is 6.69. The molecule has 2 aliphatic rings. The maximum Gasteiger partial charge on any atom is 0.355 e. The van der Waals surface area contributed by atoms with Gasteiger partial charge in [-0.05, 0) is 55.0 Å². The van der Waals surface area contributed by atoms with Crippen LogP contribution >= 0.6 is 11.8 Å². The highest BCUT2D eigenvalue weighted by Crippen LogP contribution is 2.45. The standard InChI is InChI=1S/C37H36N2O3S/c1-36(2,3)42-35(41)32-27(24-26-16-8-4-9-17-26)25-43-34-31(33(40)39(32)34)38-37(28-18-10-5-11-19-28,29-20-12-6-13-21-29)30-22-14-7-15-23-30/h4-23,31,34,38H,24-25H2,1-3H3/t31?,34-/m0/s1. The van der Waals surface area contributed by atoms with Crippen molar-refractivity contribution < 1.29 is 14.3 Å². The van der Waals surface area contributed by atoms with E-state index in [1.54, 1.807) is 16.7 Å². The molecule has 0 saturated carbocycles. The lowest BCUT2D eigenvalue weighted by molar-refractivity contribution is -0.158. The van der Waals surface area contributed by atoms with Gasteiger partial charge >= 0.3 is 5.97 Å². The molecular formula is C37H36N2O3S. The van der Waals surface area contributed by atoms with Gasteiger partial charge in [-0.3, -0.25) is 15.0 Å². The molecule has 2 aliphatic heterocycles. The number of carbonyl (C=O) groups is 2. The Hall–Kier alpha value is -4.13. The first-order valence-corrected chi connectivity index (χ1v) is 15.7. The van der Waals surface area contributed by atoms with Crippen LogP contribution in [0.5, 0.6) is 0 Å². The molecule has 0 aromatic heterocycles.